The van der Waals surface area contributed by atoms with Gasteiger partial charge in [-0.15, -0.1) is 10.2 Å². The van der Waals surface area contributed by atoms with Crippen LogP contribution in [0.15, 0.2) is 75.4 Å². The van der Waals surface area contributed by atoms with Crippen molar-refractivity contribution in [2.75, 3.05) is 0 Å². The Balaban J connectivity index is 1.64. The van der Waals surface area contributed by atoms with E-state index in [1.165, 1.54) is 0 Å². The van der Waals surface area contributed by atoms with Crippen LogP contribution in [0.1, 0.15) is 21.7 Å². The number of benzene rings is 2. The number of rotatable bonds is 4. The molecule has 4 aromatic rings. The topological polar surface area (TPSA) is 95.2 Å². The van der Waals surface area contributed by atoms with E-state index >= 15 is 0 Å². The molecule has 1 N–H and O–H groups in total. The molecule has 2 aromatic heterocycles. The average molecular weight is 389 g/mol. The second-order valence-electron chi connectivity index (χ2n) is 6.51. The number of H-pyrrole nitrogens is 1. The van der Waals surface area contributed by atoms with Crippen molar-refractivity contribution in [1.82, 2.24) is 9.97 Å². The van der Waals surface area contributed by atoms with Crippen molar-refractivity contribution in [3.05, 3.63) is 76.7 Å². The van der Waals surface area contributed by atoms with Crippen LogP contribution in [-0.2, 0) is 6.42 Å². The van der Waals surface area contributed by atoms with Gasteiger partial charge in [0.15, 0.2) is 6.17 Å². The zero-order valence-corrected chi connectivity index (χ0v) is 15.3. The van der Waals surface area contributed by atoms with E-state index in [1.54, 1.807) is 24.4 Å². The Bertz CT molecular complexity index is 1280. The second kappa shape index (κ2) is 6.61. The standard InChI is InChI=1S/C20H13ClN6O/c21-13-5-6-14-15(9-18-24-26-27-25-18)19(23-16(14)8-13)20(28)17-7-11-3-1-2-4-12(11)10-22-17/h1-8,10,18,23H,9H2. The van der Waals surface area contributed by atoms with E-state index < -0.39 is 6.17 Å². The molecule has 0 amide bonds. The summed E-state index contributed by atoms with van der Waals surface area (Å²) in [7, 11) is 0. The van der Waals surface area contributed by atoms with Gasteiger partial charge < -0.3 is 4.98 Å². The lowest BCUT2D eigenvalue weighted by Gasteiger charge is -2.06. The maximum Gasteiger partial charge on any atom is 0.227 e. The van der Waals surface area contributed by atoms with Crippen LogP contribution in [0.2, 0.25) is 5.02 Å². The summed E-state index contributed by atoms with van der Waals surface area (Å²) in [6, 6.07) is 15.1. The van der Waals surface area contributed by atoms with Crippen LogP contribution >= 0.6 is 11.6 Å². The lowest BCUT2D eigenvalue weighted by molar-refractivity contribution is 0.103. The summed E-state index contributed by atoms with van der Waals surface area (Å²) < 4.78 is 0. The fraction of sp³-hybridized carbons (Fsp3) is 0.100. The molecular weight excluding hydrogens is 376 g/mol. The summed E-state index contributed by atoms with van der Waals surface area (Å²) in [5, 5.41) is 18.5. The summed E-state index contributed by atoms with van der Waals surface area (Å²) in [5.41, 5.74) is 2.40. The maximum absolute atomic E-state index is 13.3. The molecule has 0 fully saturated rings. The first-order valence-electron chi connectivity index (χ1n) is 8.68. The minimum absolute atomic E-state index is 0.194. The maximum atomic E-state index is 13.3. The zero-order valence-electron chi connectivity index (χ0n) is 14.5. The van der Waals surface area contributed by atoms with E-state index in [4.69, 9.17) is 11.6 Å². The van der Waals surface area contributed by atoms with Crippen molar-refractivity contribution in [3.8, 4) is 0 Å². The van der Waals surface area contributed by atoms with Gasteiger partial charge in [-0.3, -0.25) is 9.78 Å². The fourth-order valence-corrected chi connectivity index (χ4v) is 3.59. The summed E-state index contributed by atoms with van der Waals surface area (Å²) in [6.45, 7) is 0. The lowest BCUT2D eigenvalue weighted by atomic mass is 10.0. The first kappa shape index (κ1) is 16.7. The first-order chi connectivity index (χ1) is 13.7. The molecule has 0 spiro atoms. The zero-order chi connectivity index (χ0) is 19.1. The molecule has 0 atom stereocenters. The largest absolute Gasteiger partial charge is 0.351 e. The van der Waals surface area contributed by atoms with Crippen LogP contribution in [0.5, 0.6) is 0 Å². The Morgan fingerprint density at radius 3 is 2.64 bits per heavy atom. The number of halogens is 1. The third-order valence-corrected chi connectivity index (χ3v) is 4.99. The van der Waals surface area contributed by atoms with E-state index in [9.17, 15) is 4.79 Å². The molecule has 0 saturated carbocycles. The Labute approximate surface area is 164 Å². The third kappa shape index (κ3) is 2.86. The van der Waals surface area contributed by atoms with Gasteiger partial charge in [0, 0.05) is 33.9 Å². The smallest absolute Gasteiger partial charge is 0.227 e. The van der Waals surface area contributed by atoms with Crippen LogP contribution in [0.3, 0.4) is 0 Å². The van der Waals surface area contributed by atoms with Gasteiger partial charge in [-0.05, 0) is 39.6 Å². The molecule has 0 aliphatic carbocycles. The Kier molecular flexibility index (Phi) is 3.95. The summed E-state index contributed by atoms with van der Waals surface area (Å²) in [4.78, 5) is 20.9. The molecule has 0 unspecified atom stereocenters. The van der Waals surface area contributed by atoms with Crippen LogP contribution < -0.4 is 0 Å². The third-order valence-electron chi connectivity index (χ3n) is 4.76. The summed E-state index contributed by atoms with van der Waals surface area (Å²) in [6.07, 6.45) is 1.68. The highest BCUT2D eigenvalue weighted by molar-refractivity contribution is 6.31. The number of carbonyl (C=O) groups is 1. The van der Waals surface area contributed by atoms with Gasteiger partial charge in [0.2, 0.25) is 5.78 Å². The molecule has 5 rings (SSSR count). The highest BCUT2D eigenvalue weighted by Crippen LogP contribution is 2.29. The minimum Gasteiger partial charge on any atom is -0.351 e. The number of hydrogen-bond donors (Lipinski definition) is 1. The Morgan fingerprint density at radius 2 is 1.82 bits per heavy atom. The number of ketones is 1. The van der Waals surface area contributed by atoms with Crippen molar-refractivity contribution >= 4 is 39.1 Å². The van der Waals surface area contributed by atoms with Crippen molar-refractivity contribution in [2.45, 2.75) is 12.6 Å². The molecule has 0 radical (unpaired) electrons. The molecule has 3 heterocycles. The Hall–Kier alpha value is -3.45. The van der Waals surface area contributed by atoms with Gasteiger partial charge in [-0.25, -0.2) is 0 Å². The molecule has 1 aliphatic rings. The van der Waals surface area contributed by atoms with E-state index in [0.717, 1.165) is 27.2 Å². The van der Waals surface area contributed by atoms with Crippen molar-refractivity contribution in [3.63, 3.8) is 0 Å². The van der Waals surface area contributed by atoms with Gasteiger partial charge in [-0.2, -0.15) is 0 Å². The number of aromatic amines is 1. The Morgan fingerprint density at radius 1 is 1.04 bits per heavy atom. The molecule has 2 aromatic carbocycles. The normalized spacial score (nSPS) is 13.8. The molecule has 28 heavy (non-hydrogen) atoms. The second-order valence-corrected chi connectivity index (χ2v) is 6.95. The van der Waals surface area contributed by atoms with Crippen LogP contribution in [0, 0.1) is 0 Å². The quantitative estimate of drug-likeness (QED) is 0.480. The van der Waals surface area contributed by atoms with Crippen molar-refractivity contribution in [1.29, 1.82) is 0 Å². The van der Waals surface area contributed by atoms with E-state index in [1.807, 2.05) is 30.3 Å². The van der Waals surface area contributed by atoms with Gasteiger partial charge in [0.25, 0.3) is 0 Å². The summed E-state index contributed by atoms with van der Waals surface area (Å²) >= 11 is 6.13. The lowest BCUT2D eigenvalue weighted by Crippen LogP contribution is -2.10. The van der Waals surface area contributed by atoms with Gasteiger partial charge in [-0.1, -0.05) is 41.9 Å². The molecule has 0 bridgehead atoms. The minimum atomic E-state index is -0.439. The van der Waals surface area contributed by atoms with E-state index in [2.05, 4.69) is 30.6 Å². The molecule has 8 heteroatoms. The predicted octanol–water partition coefficient (Wildman–Crippen LogP) is 5.30. The highest BCUT2D eigenvalue weighted by Gasteiger charge is 2.24. The number of nitrogens with zero attached hydrogens (tertiary/aromatic N) is 5. The number of nitrogens with one attached hydrogen (secondary N) is 1. The van der Waals surface area contributed by atoms with Crippen LogP contribution in [-0.4, -0.2) is 21.9 Å². The number of fused-ring (bicyclic) bond motifs is 2. The van der Waals surface area contributed by atoms with Crippen LogP contribution in [0.25, 0.3) is 21.7 Å². The van der Waals surface area contributed by atoms with Crippen LogP contribution in [0.4, 0.5) is 0 Å². The van der Waals surface area contributed by atoms with Gasteiger partial charge in [0.1, 0.15) is 5.69 Å². The van der Waals surface area contributed by atoms with Gasteiger partial charge >= 0.3 is 0 Å². The number of hydrogen-bond acceptors (Lipinski definition) is 6. The first-order valence-corrected chi connectivity index (χ1v) is 9.06. The van der Waals surface area contributed by atoms with Gasteiger partial charge in [0.05, 0.1) is 5.69 Å². The predicted molar refractivity (Wildman–Crippen MR) is 106 cm³/mol. The molecule has 7 nitrogen and oxygen atoms in total. The average Bonchev–Trinajstić information content (AvgIpc) is 3.35. The monoisotopic (exact) mass is 388 g/mol. The molecule has 136 valence electrons. The molecule has 0 saturated heterocycles. The number of aromatic nitrogens is 2. The van der Waals surface area contributed by atoms with Crippen molar-refractivity contribution in [2.24, 2.45) is 20.7 Å². The fourth-order valence-electron chi connectivity index (χ4n) is 3.42. The number of pyridine rings is 1. The highest BCUT2D eigenvalue weighted by atomic mass is 35.5. The van der Waals surface area contributed by atoms with Crippen molar-refractivity contribution < 1.29 is 4.79 Å². The number of carbonyl (C=O) groups excluding carboxylic acids is 1. The molecule has 1 aliphatic heterocycles. The molecular formula is C20H13ClN6O. The van der Waals surface area contributed by atoms with E-state index in [-0.39, 0.29) is 5.78 Å². The summed E-state index contributed by atoms with van der Waals surface area (Å²) in [5.74, 6) is -0.194. The van der Waals surface area contributed by atoms with E-state index in [0.29, 0.717) is 22.8 Å². The SMILES string of the molecule is O=C(c1cc2ccccc2cn1)c1[nH]c2cc(Cl)ccc2c1CC1N=NN=N1.